The summed E-state index contributed by atoms with van der Waals surface area (Å²) >= 11 is 0. The van der Waals surface area contributed by atoms with Crippen molar-refractivity contribution in [3.8, 4) is 34.2 Å². The summed E-state index contributed by atoms with van der Waals surface area (Å²) in [5, 5.41) is 0. The Kier molecular flexibility index (Phi) is 6.28. The monoisotopic (exact) mass is 534 g/mol. The lowest BCUT2D eigenvalue weighted by atomic mass is 10.1. The van der Waals surface area contributed by atoms with Crippen molar-refractivity contribution in [2.45, 2.75) is 13.8 Å². The highest BCUT2D eigenvalue weighted by molar-refractivity contribution is 5.87. The van der Waals surface area contributed by atoms with Crippen molar-refractivity contribution in [1.29, 1.82) is 0 Å². The summed E-state index contributed by atoms with van der Waals surface area (Å²) in [6.45, 7) is 6.17. The number of pyridine rings is 1. The van der Waals surface area contributed by atoms with Gasteiger partial charge >= 0.3 is 0 Å². The summed E-state index contributed by atoms with van der Waals surface area (Å²) in [5.74, 6) is 1.75. The van der Waals surface area contributed by atoms with Crippen molar-refractivity contribution < 1.29 is 0 Å². The number of fused-ring (bicyclic) bond motifs is 2. The highest BCUT2D eigenvalue weighted by Crippen LogP contribution is 2.36. The Hall–Kier alpha value is -5.23. The van der Waals surface area contributed by atoms with Crippen LogP contribution in [0.3, 0.4) is 0 Å². The Morgan fingerprint density at radius 1 is 0.585 bits per heavy atom. The van der Waals surface area contributed by atoms with Crippen LogP contribution in [0.15, 0.2) is 121 Å². The van der Waals surface area contributed by atoms with Crippen LogP contribution in [0.4, 0.5) is 5.69 Å². The summed E-state index contributed by atoms with van der Waals surface area (Å²) in [6, 6.07) is 39.8. The van der Waals surface area contributed by atoms with Crippen LogP contribution in [-0.2, 0) is 0 Å². The van der Waals surface area contributed by atoms with Crippen LogP contribution >= 0.6 is 0 Å². The highest BCUT2D eigenvalue weighted by atomic mass is 15.1. The largest absolute Gasteiger partial charge is 0.372 e. The van der Waals surface area contributed by atoms with Crippen molar-refractivity contribution in [2.75, 3.05) is 18.0 Å². The van der Waals surface area contributed by atoms with E-state index in [1.807, 2.05) is 48.7 Å². The predicted octanol–water partition coefficient (Wildman–Crippen LogP) is 7.94. The first kappa shape index (κ1) is 24.8. The number of hydrogen-bond donors (Lipinski definition) is 0. The van der Waals surface area contributed by atoms with Gasteiger partial charge in [0.25, 0.3) is 0 Å². The van der Waals surface area contributed by atoms with E-state index in [0.29, 0.717) is 0 Å². The molecule has 0 spiro atoms. The fraction of sp³-hybridized carbons (Fsp3) is 0.114. The van der Waals surface area contributed by atoms with E-state index < -0.39 is 0 Å². The van der Waals surface area contributed by atoms with Gasteiger partial charge in [-0.2, -0.15) is 0 Å². The van der Waals surface area contributed by atoms with E-state index in [1.54, 1.807) is 0 Å². The quantitative estimate of drug-likeness (QED) is 0.208. The highest BCUT2D eigenvalue weighted by Gasteiger charge is 2.20. The van der Waals surface area contributed by atoms with Crippen molar-refractivity contribution in [3.63, 3.8) is 0 Å². The van der Waals surface area contributed by atoms with Gasteiger partial charge in [0.05, 0.1) is 11.0 Å². The average molecular weight is 535 g/mol. The number of aromatic nitrogens is 5. The molecular formula is C35H30N6. The van der Waals surface area contributed by atoms with E-state index in [9.17, 15) is 0 Å². The first-order valence-electron chi connectivity index (χ1n) is 14.1. The Balaban J connectivity index is 1.53. The number of imidazole rings is 2. The predicted molar refractivity (Wildman–Crippen MR) is 168 cm³/mol. The molecule has 0 aliphatic carbocycles. The summed E-state index contributed by atoms with van der Waals surface area (Å²) in [7, 11) is 0. The van der Waals surface area contributed by atoms with Crippen molar-refractivity contribution >= 4 is 27.9 Å². The lowest BCUT2D eigenvalue weighted by Crippen LogP contribution is -2.22. The molecule has 0 amide bonds. The molecule has 0 radical (unpaired) electrons. The minimum atomic E-state index is 0.833. The summed E-state index contributed by atoms with van der Waals surface area (Å²) in [5.41, 5.74) is 9.00. The Bertz CT molecular complexity index is 1830. The van der Waals surface area contributed by atoms with E-state index in [0.717, 1.165) is 75.1 Å². The Morgan fingerprint density at radius 3 is 1.83 bits per heavy atom. The Morgan fingerprint density at radius 2 is 1.15 bits per heavy atom. The maximum Gasteiger partial charge on any atom is 0.164 e. The first-order chi connectivity index (χ1) is 20.2. The van der Waals surface area contributed by atoms with Crippen LogP contribution in [0.25, 0.3) is 56.3 Å². The normalized spacial score (nSPS) is 11.4. The zero-order chi connectivity index (χ0) is 27.8. The minimum Gasteiger partial charge on any atom is -0.372 e. The fourth-order valence-electron chi connectivity index (χ4n) is 5.63. The van der Waals surface area contributed by atoms with Gasteiger partial charge in [-0.1, -0.05) is 48.5 Å². The smallest absolute Gasteiger partial charge is 0.164 e. The van der Waals surface area contributed by atoms with Crippen molar-refractivity contribution in [3.05, 3.63) is 121 Å². The zero-order valence-corrected chi connectivity index (χ0v) is 23.1. The lowest BCUT2D eigenvalue weighted by molar-refractivity contribution is 0.866. The Labute approximate surface area is 239 Å². The number of rotatable bonds is 7. The van der Waals surface area contributed by atoms with Gasteiger partial charge in [-0.05, 0) is 80.6 Å². The van der Waals surface area contributed by atoms with Gasteiger partial charge in [-0.15, -0.1) is 0 Å². The third-order valence-corrected chi connectivity index (χ3v) is 7.57. The fourth-order valence-corrected chi connectivity index (χ4v) is 5.63. The van der Waals surface area contributed by atoms with Crippen LogP contribution in [0, 0.1) is 0 Å². The van der Waals surface area contributed by atoms with E-state index in [2.05, 4.69) is 101 Å². The molecule has 3 aromatic heterocycles. The number of benzene rings is 4. The summed E-state index contributed by atoms with van der Waals surface area (Å²) < 4.78 is 4.41. The van der Waals surface area contributed by atoms with Crippen LogP contribution in [0.5, 0.6) is 0 Å². The molecule has 200 valence electrons. The standard InChI is InChI=1S/C35H30N6/c1-3-39(4-2)29-23-25(33-37-30-18-11-12-20-32(30)40(33)27-14-7-5-8-15-27)22-26(24-29)34-38-31-19-13-21-36-35(31)41(34)28-16-9-6-10-17-28/h5-24H,3-4H2,1-2H3. The number of hydrogen-bond acceptors (Lipinski definition) is 4. The molecule has 0 bridgehead atoms. The van der Waals surface area contributed by atoms with Crippen molar-refractivity contribution in [1.82, 2.24) is 24.1 Å². The van der Waals surface area contributed by atoms with Crippen LogP contribution in [-0.4, -0.2) is 37.2 Å². The van der Waals surface area contributed by atoms with Gasteiger partial charge in [0, 0.05) is 47.5 Å². The van der Waals surface area contributed by atoms with Gasteiger partial charge in [0.15, 0.2) is 5.65 Å². The first-order valence-corrected chi connectivity index (χ1v) is 14.1. The third kappa shape index (κ3) is 4.34. The number of nitrogens with zero attached hydrogens (tertiary/aromatic N) is 6. The third-order valence-electron chi connectivity index (χ3n) is 7.57. The van der Waals surface area contributed by atoms with Crippen molar-refractivity contribution in [2.24, 2.45) is 0 Å². The molecule has 0 N–H and O–H groups in total. The number of anilines is 1. The van der Waals surface area contributed by atoms with E-state index in [4.69, 9.17) is 15.0 Å². The van der Waals surface area contributed by atoms with Crippen LogP contribution in [0.1, 0.15) is 13.8 Å². The minimum absolute atomic E-state index is 0.833. The number of para-hydroxylation sites is 4. The molecule has 7 rings (SSSR count). The molecule has 0 unspecified atom stereocenters. The zero-order valence-electron chi connectivity index (χ0n) is 23.1. The maximum absolute atomic E-state index is 5.17. The second-order valence-corrected chi connectivity index (χ2v) is 9.99. The molecule has 3 heterocycles. The van der Waals surface area contributed by atoms with Crippen LogP contribution < -0.4 is 4.90 Å². The van der Waals surface area contributed by atoms with Gasteiger partial charge < -0.3 is 4.90 Å². The van der Waals surface area contributed by atoms with Gasteiger partial charge in [0.2, 0.25) is 0 Å². The van der Waals surface area contributed by atoms with E-state index in [-0.39, 0.29) is 0 Å². The second kappa shape index (κ2) is 10.4. The SMILES string of the molecule is CCN(CC)c1cc(-c2nc3ccccc3n2-c2ccccc2)cc(-c2nc3cccnc3n2-c2ccccc2)c1. The van der Waals surface area contributed by atoms with Gasteiger partial charge in [-0.3, -0.25) is 9.13 Å². The molecule has 7 aromatic rings. The average Bonchev–Trinajstić information content (AvgIpc) is 3.62. The molecular weight excluding hydrogens is 504 g/mol. The molecule has 4 aromatic carbocycles. The molecule has 41 heavy (non-hydrogen) atoms. The topological polar surface area (TPSA) is 51.8 Å². The van der Waals surface area contributed by atoms with Gasteiger partial charge in [0.1, 0.15) is 17.2 Å². The molecule has 6 nitrogen and oxygen atoms in total. The molecule has 6 heteroatoms. The summed E-state index contributed by atoms with van der Waals surface area (Å²) in [4.78, 5) is 17.4. The molecule has 0 atom stereocenters. The van der Waals surface area contributed by atoms with E-state index >= 15 is 0 Å². The molecule has 0 fully saturated rings. The van der Waals surface area contributed by atoms with Gasteiger partial charge in [-0.25, -0.2) is 15.0 Å². The molecule has 0 saturated heterocycles. The molecule has 0 saturated carbocycles. The molecule has 0 aliphatic heterocycles. The lowest BCUT2D eigenvalue weighted by Gasteiger charge is -2.23. The maximum atomic E-state index is 5.17. The second-order valence-electron chi connectivity index (χ2n) is 9.99. The molecule has 0 aliphatic rings. The van der Waals surface area contributed by atoms with E-state index in [1.165, 1.54) is 0 Å². The van der Waals surface area contributed by atoms with Crippen LogP contribution in [0.2, 0.25) is 0 Å². The summed E-state index contributed by atoms with van der Waals surface area (Å²) in [6.07, 6.45) is 1.83.